The van der Waals surface area contributed by atoms with E-state index >= 15 is 0 Å². The Morgan fingerprint density at radius 3 is 2.94 bits per heavy atom. The van der Waals surface area contributed by atoms with E-state index in [9.17, 15) is 4.39 Å². The minimum Gasteiger partial charge on any atom is -0.382 e. The van der Waals surface area contributed by atoms with Gasteiger partial charge < -0.3 is 5.73 Å². The minimum absolute atomic E-state index is 0.256. The first-order chi connectivity index (χ1) is 7.72. The summed E-state index contributed by atoms with van der Waals surface area (Å²) in [5.74, 6) is 0.245. The molecule has 0 atom stereocenters. The Morgan fingerprint density at radius 1 is 1.44 bits per heavy atom. The van der Waals surface area contributed by atoms with Gasteiger partial charge in [-0.15, -0.1) is 0 Å². The maximum absolute atomic E-state index is 13.1. The van der Waals surface area contributed by atoms with Crippen molar-refractivity contribution >= 4 is 5.82 Å². The number of aromatic amines is 1. The number of hydrogen-bond donors (Lipinski definition) is 2. The van der Waals surface area contributed by atoms with Crippen LogP contribution in [0.5, 0.6) is 0 Å². The number of rotatable bonds is 3. The van der Waals surface area contributed by atoms with Crippen molar-refractivity contribution in [2.45, 2.75) is 19.8 Å². The zero-order valence-electron chi connectivity index (χ0n) is 9.13. The first kappa shape index (κ1) is 10.7. The van der Waals surface area contributed by atoms with E-state index in [2.05, 4.69) is 17.1 Å². The first-order valence-electron chi connectivity index (χ1n) is 5.31. The summed E-state index contributed by atoms with van der Waals surface area (Å²) >= 11 is 0. The van der Waals surface area contributed by atoms with Crippen LogP contribution >= 0.6 is 0 Å². The van der Waals surface area contributed by atoms with Crippen LogP contribution in [0.15, 0.2) is 24.3 Å². The van der Waals surface area contributed by atoms with E-state index in [0.29, 0.717) is 5.82 Å². The molecule has 0 aliphatic heterocycles. The third-order valence-electron chi connectivity index (χ3n) is 2.51. The molecule has 0 saturated heterocycles. The highest BCUT2D eigenvalue weighted by atomic mass is 19.1. The number of halogens is 1. The lowest BCUT2D eigenvalue weighted by atomic mass is 10.0. The zero-order chi connectivity index (χ0) is 11.5. The molecule has 0 aliphatic rings. The van der Waals surface area contributed by atoms with Gasteiger partial charge in [0.2, 0.25) is 0 Å². The van der Waals surface area contributed by atoms with Crippen molar-refractivity contribution in [2.24, 2.45) is 0 Å². The van der Waals surface area contributed by atoms with E-state index in [1.807, 2.05) is 6.07 Å². The van der Waals surface area contributed by atoms with Crippen LogP contribution in [0.25, 0.3) is 11.3 Å². The lowest BCUT2D eigenvalue weighted by Crippen LogP contribution is -1.92. The molecule has 0 amide bonds. The lowest BCUT2D eigenvalue weighted by Gasteiger charge is -2.02. The van der Waals surface area contributed by atoms with Gasteiger partial charge in [-0.1, -0.05) is 25.5 Å². The van der Waals surface area contributed by atoms with E-state index in [1.165, 1.54) is 12.1 Å². The molecule has 0 aliphatic carbocycles. The molecule has 1 heterocycles. The molecule has 1 aromatic heterocycles. The van der Waals surface area contributed by atoms with Crippen molar-refractivity contribution in [1.29, 1.82) is 0 Å². The van der Waals surface area contributed by atoms with Gasteiger partial charge in [-0.2, -0.15) is 5.10 Å². The van der Waals surface area contributed by atoms with Crippen LogP contribution in [0.3, 0.4) is 0 Å². The molecule has 84 valence electrons. The van der Waals surface area contributed by atoms with Crippen molar-refractivity contribution in [3.8, 4) is 11.3 Å². The molecule has 16 heavy (non-hydrogen) atoms. The van der Waals surface area contributed by atoms with Gasteiger partial charge in [-0.05, 0) is 18.6 Å². The van der Waals surface area contributed by atoms with Gasteiger partial charge in [0.25, 0.3) is 0 Å². The Kier molecular flexibility index (Phi) is 2.90. The second kappa shape index (κ2) is 4.35. The molecule has 0 saturated carbocycles. The van der Waals surface area contributed by atoms with Gasteiger partial charge >= 0.3 is 0 Å². The predicted molar refractivity (Wildman–Crippen MR) is 62.4 cm³/mol. The highest BCUT2D eigenvalue weighted by Crippen LogP contribution is 2.26. The Labute approximate surface area is 93.5 Å². The molecule has 3 nitrogen and oxygen atoms in total. The van der Waals surface area contributed by atoms with Gasteiger partial charge in [0.15, 0.2) is 0 Å². The molecule has 2 rings (SSSR count). The lowest BCUT2D eigenvalue weighted by molar-refractivity contribution is 0.628. The van der Waals surface area contributed by atoms with Crippen molar-refractivity contribution in [1.82, 2.24) is 10.2 Å². The van der Waals surface area contributed by atoms with E-state index in [1.54, 1.807) is 6.07 Å². The topological polar surface area (TPSA) is 54.7 Å². The summed E-state index contributed by atoms with van der Waals surface area (Å²) in [4.78, 5) is 0. The Morgan fingerprint density at radius 2 is 2.25 bits per heavy atom. The SMILES string of the molecule is CCCc1c(N)n[nH]c1-c1cccc(F)c1. The predicted octanol–water partition coefficient (Wildman–Crippen LogP) is 2.75. The van der Waals surface area contributed by atoms with Crippen molar-refractivity contribution in [3.05, 3.63) is 35.6 Å². The fraction of sp³-hybridized carbons (Fsp3) is 0.250. The van der Waals surface area contributed by atoms with E-state index in [-0.39, 0.29) is 5.82 Å². The number of hydrogen-bond acceptors (Lipinski definition) is 2. The smallest absolute Gasteiger partial charge is 0.149 e. The largest absolute Gasteiger partial charge is 0.382 e. The van der Waals surface area contributed by atoms with E-state index in [4.69, 9.17) is 5.73 Å². The van der Waals surface area contributed by atoms with Gasteiger partial charge in [-0.3, -0.25) is 5.10 Å². The molecule has 3 N–H and O–H groups in total. The fourth-order valence-corrected chi connectivity index (χ4v) is 1.76. The fourth-order valence-electron chi connectivity index (χ4n) is 1.76. The monoisotopic (exact) mass is 219 g/mol. The number of aromatic nitrogens is 2. The number of anilines is 1. The summed E-state index contributed by atoms with van der Waals surface area (Å²) in [6.07, 6.45) is 1.82. The standard InChI is InChI=1S/C12H14FN3/c1-2-4-10-11(15-16-12(10)14)8-5-3-6-9(13)7-8/h3,5-7H,2,4H2,1H3,(H3,14,15,16). The summed E-state index contributed by atoms with van der Waals surface area (Å²) in [5, 5.41) is 6.83. The Balaban J connectivity index is 2.47. The van der Waals surface area contributed by atoms with Crippen LogP contribution in [0, 0.1) is 5.82 Å². The van der Waals surface area contributed by atoms with Gasteiger partial charge in [0.05, 0.1) is 5.69 Å². The van der Waals surface area contributed by atoms with Gasteiger partial charge in [0.1, 0.15) is 11.6 Å². The number of nitrogens with two attached hydrogens (primary N) is 1. The normalized spacial score (nSPS) is 10.6. The minimum atomic E-state index is -0.256. The van der Waals surface area contributed by atoms with Gasteiger partial charge in [0, 0.05) is 11.1 Å². The zero-order valence-corrected chi connectivity index (χ0v) is 9.13. The Bertz CT molecular complexity index is 491. The molecule has 0 radical (unpaired) electrons. The van der Waals surface area contributed by atoms with Crippen LogP contribution in [-0.2, 0) is 6.42 Å². The molecule has 1 aromatic carbocycles. The number of nitrogens with zero attached hydrogens (tertiary/aromatic N) is 1. The number of nitrogens with one attached hydrogen (secondary N) is 1. The summed E-state index contributed by atoms with van der Waals surface area (Å²) in [5.41, 5.74) is 8.34. The average molecular weight is 219 g/mol. The maximum Gasteiger partial charge on any atom is 0.149 e. The van der Waals surface area contributed by atoms with E-state index in [0.717, 1.165) is 29.7 Å². The summed E-state index contributed by atoms with van der Waals surface area (Å²) in [6, 6.07) is 6.42. The summed E-state index contributed by atoms with van der Waals surface area (Å²) < 4.78 is 13.1. The van der Waals surface area contributed by atoms with Crippen LogP contribution < -0.4 is 5.73 Å². The first-order valence-corrected chi connectivity index (χ1v) is 5.31. The maximum atomic E-state index is 13.1. The third kappa shape index (κ3) is 1.91. The van der Waals surface area contributed by atoms with Crippen LogP contribution in [0.4, 0.5) is 10.2 Å². The molecule has 0 fully saturated rings. The quantitative estimate of drug-likeness (QED) is 0.834. The van der Waals surface area contributed by atoms with Crippen LogP contribution in [-0.4, -0.2) is 10.2 Å². The summed E-state index contributed by atoms with van der Waals surface area (Å²) in [7, 11) is 0. The molecule has 2 aromatic rings. The molecular formula is C12H14FN3. The van der Waals surface area contributed by atoms with Crippen molar-refractivity contribution in [2.75, 3.05) is 5.73 Å². The van der Waals surface area contributed by atoms with Gasteiger partial charge in [-0.25, -0.2) is 4.39 Å². The third-order valence-corrected chi connectivity index (χ3v) is 2.51. The molecule has 0 spiro atoms. The van der Waals surface area contributed by atoms with Crippen molar-refractivity contribution < 1.29 is 4.39 Å². The average Bonchev–Trinajstić information content (AvgIpc) is 2.61. The second-order valence-corrected chi connectivity index (χ2v) is 3.72. The van der Waals surface area contributed by atoms with Crippen molar-refractivity contribution in [3.63, 3.8) is 0 Å². The number of nitrogen functional groups attached to an aromatic ring is 1. The molecule has 0 unspecified atom stereocenters. The number of H-pyrrole nitrogens is 1. The highest BCUT2D eigenvalue weighted by Gasteiger charge is 2.11. The van der Waals surface area contributed by atoms with Crippen LogP contribution in [0.1, 0.15) is 18.9 Å². The number of benzene rings is 1. The summed E-state index contributed by atoms with van der Waals surface area (Å²) in [6.45, 7) is 2.07. The van der Waals surface area contributed by atoms with E-state index < -0.39 is 0 Å². The van der Waals surface area contributed by atoms with Crippen LogP contribution in [0.2, 0.25) is 0 Å². The molecular weight excluding hydrogens is 205 g/mol. The molecule has 0 bridgehead atoms. The molecule has 4 heteroatoms. The Hall–Kier alpha value is -1.84. The second-order valence-electron chi connectivity index (χ2n) is 3.72. The highest BCUT2D eigenvalue weighted by molar-refractivity contribution is 5.67.